The number of halogens is 2. The zero-order valence-electron chi connectivity index (χ0n) is 10.4. The van der Waals surface area contributed by atoms with E-state index in [9.17, 15) is 9.50 Å². The monoisotopic (exact) mass is 324 g/mol. The maximum absolute atomic E-state index is 13.3. The number of hydrogen-bond donors (Lipinski definition) is 1. The molecule has 4 heteroatoms. The zero-order chi connectivity index (χ0) is 13.8. The van der Waals surface area contributed by atoms with Crippen molar-refractivity contribution in [3.63, 3.8) is 0 Å². The predicted molar refractivity (Wildman–Crippen MR) is 75.9 cm³/mol. The highest BCUT2D eigenvalue weighted by Gasteiger charge is 2.12. The van der Waals surface area contributed by atoms with Gasteiger partial charge in [0.2, 0.25) is 0 Å². The Kier molecular flexibility index (Phi) is 4.56. The Morgan fingerprint density at radius 1 is 1.26 bits per heavy atom. The largest absolute Gasteiger partial charge is 0.457 e. The average molecular weight is 325 g/mol. The van der Waals surface area contributed by atoms with Crippen molar-refractivity contribution in [3.05, 3.63) is 58.3 Å². The number of hydrogen-bond acceptors (Lipinski definition) is 2. The van der Waals surface area contributed by atoms with Gasteiger partial charge in [-0.1, -0.05) is 41.1 Å². The van der Waals surface area contributed by atoms with Crippen LogP contribution >= 0.6 is 15.9 Å². The van der Waals surface area contributed by atoms with Gasteiger partial charge < -0.3 is 9.84 Å². The zero-order valence-corrected chi connectivity index (χ0v) is 12.0. The van der Waals surface area contributed by atoms with Gasteiger partial charge in [0.15, 0.2) is 0 Å². The minimum Gasteiger partial charge on any atom is -0.457 e. The normalized spacial score (nSPS) is 12.2. The Balaban J connectivity index is 2.32. The summed E-state index contributed by atoms with van der Waals surface area (Å²) in [6, 6.07) is 11.6. The quantitative estimate of drug-likeness (QED) is 0.873. The topological polar surface area (TPSA) is 29.5 Å². The highest BCUT2D eigenvalue weighted by atomic mass is 79.9. The summed E-state index contributed by atoms with van der Waals surface area (Å²) in [5.74, 6) is 0.551. The van der Waals surface area contributed by atoms with E-state index >= 15 is 0 Å². The molecule has 1 N–H and O–H groups in total. The van der Waals surface area contributed by atoms with Gasteiger partial charge in [-0.2, -0.15) is 0 Å². The van der Waals surface area contributed by atoms with Crippen molar-refractivity contribution >= 4 is 15.9 Å². The maximum Gasteiger partial charge on any atom is 0.133 e. The van der Waals surface area contributed by atoms with E-state index in [1.165, 1.54) is 12.1 Å². The molecule has 2 nitrogen and oxygen atoms in total. The fourth-order valence-corrected chi connectivity index (χ4v) is 2.23. The third-order valence-electron chi connectivity index (χ3n) is 2.73. The molecule has 0 radical (unpaired) electrons. The summed E-state index contributed by atoms with van der Waals surface area (Å²) < 4.78 is 19.6. The van der Waals surface area contributed by atoms with Crippen molar-refractivity contribution < 1.29 is 14.2 Å². The van der Waals surface area contributed by atoms with E-state index in [2.05, 4.69) is 15.9 Å². The van der Waals surface area contributed by atoms with Crippen LogP contribution in [0.2, 0.25) is 0 Å². The molecule has 2 aromatic carbocycles. The third-order valence-corrected chi connectivity index (χ3v) is 3.19. The number of ether oxygens (including phenoxy) is 1. The first-order valence-electron chi connectivity index (χ1n) is 6.01. The number of aliphatic hydroxyl groups excluding tert-OH is 1. The molecule has 19 heavy (non-hydrogen) atoms. The number of benzene rings is 2. The first kappa shape index (κ1) is 14.0. The lowest BCUT2D eigenvalue weighted by Gasteiger charge is -2.14. The van der Waals surface area contributed by atoms with Crippen LogP contribution < -0.4 is 4.74 Å². The fraction of sp³-hybridized carbons (Fsp3) is 0.200. The molecule has 0 fully saturated rings. The molecule has 0 spiro atoms. The molecular weight excluding hydrogens is 311 g/mol. The van der Waals surface area contributed by atoms with Gasteiger partial charge in [0.25, 0.3) is 0 Å². The van der Waals surface area contributed by atoms with Crippen molar-refractivity contribution in [1.82, 2.24) is 0 Å². The minimum atomic E-state index is -0.590. The van der Waals surface area contributed by atoms with Crippen LogP contribution in [-0.4, -0.2) is 5.11 Å². The van der Waals surface area contributed by atoms with Crippen LogP contribution in [0, 0.1) is 5.82 Å². The van der Waals surface area contributed by atoms with Gasteiger partial charge in [-0.3, -0.25) is 0 Å². The second kappa shape index (κ2) is 6.17. The molecule has 100 valence electrons. The molecule has 0 saturated heterocycles. The Morgan fingerprint density at radius 2 is 2.00 bits per heavy atom. The van der Waals surface area contributed by atoms with E-state index in [4.69, 9.17) is 4.74 Å². The molecule has 0 saturated carbocycles. The molecule has 0 aliphatic heterocycles. The second-order valence-electron chi connectivity index (χ2n) is 4.17. The summed E-state index contributed by atoms with van der Waals surface area (Å²) in [6.07, 6.45) is 0.000865. The Bertz CT molecular complexity index is 552. The van der Waals surface area contributed by atoms with Gasteiger partial charge >= 0.3 is 0 Å². The standard InChI is InChI=1S/C15H14BrFO2/c1-2-14(18)13-5-3-4-6-15(13)19-12-8-10(16)7-11(17)9-12/h3-9,14,18H,2H2,1H3. The summed E-state index contributed by atoms with van der Waals surface area (Å²) in [6.45, 7) is 1.89. The Labute approximate surface area is 120 Å². The van der Waals surface area contributed by atoms with Gasteiger partial charge in [0.05, 0.1) is 6.10 Å². The van der Waals surface area contributed by atoms with Gasteiger partial charge in [0, 0.05) is 16.1 Å². The highest BCUT2D eigenvalue weighted by molar-refractivity contribution is 9.10. The fourth-order valence-electron chi connectivity index (χ4n) is 1.78. The van der Waals surface area contributed by atoms with Crippen LogP contribution in [0.5, 0.6) is 11.5 Å². The van der Waals surface area contributed by atoms with E-state index in [0.717, 1.165) is 0 Å². The molecule has 2 rings (SSSR count). The third kappa shape index (κ3) is 3.55. The molecule has 0 aromatic heterocycles. The van der Waals surface area contributed by atoms with Crippen LogP contribution in [-0.2, 0) is 0 Å². The summed E-state index contributed by atoms with van der Waals surface area (Å²) in [5.41, 5.74) is 0.699. The van der Waals surface area contributed by atoms with E-state index in [0.29, 0.717) is 28.0 Å². The number of para-hydroxylation sites is 1. The first-order chi connectivity index (χ1) is 9.10. The molecule has 0 aliphatic carbocycles. The van der Waals surface area contributed by atoms with Crippen LogP contribution in [0.25, 0.3) is 0 Å². The van der Waals surface area contributed by atoms with Gasteiger partial charge in [-0.15, -0.1) is 0 Å². The predicted octanol–water partition coefficient (Wildman–Crippen LogP) is 4.82. The van der Waals surface area contributed by atoms with E-state index in [1.807, 2.05) is 19.1 Å². The maximum atomic E-state index is 13.3. The van der Waals surface area contributed by atoms with Crippen molar-refractivity contribution in [2.75, 3.05) is 0 Å². The van der Waals surface area contributed by atoms with Crippen molar-refractivity contribution in [3.8, 4) is 11.5 Å². The second-order valence-corrected chi connectivity index (χ2v) is 5.08. The van der Waals surface area contributed by atoms with Crippen LogP contribution in [0.4, 0.5) is 4.39 Å². The van der Waals surface area contributed by atoms with Crippen LogP contribution in [0.1, 0.15) is 25.0 Å². The average Bonchev–Trinajstić information content (AvgIpc) is 2.37. The van der Waals surface area contributed by atoms with Crippen LogP contribution in [0.15, 0.2) is 46.9 Å². The van der Waals surface area contributed by atoms with Gasteiger partial charge in [-0.25, -0.2) is 4.39 Å². The molecule has 0 heterocycles. The molecule has 0 amide bonds. The molecule has 0 bridgehead atoms. The molecule has 1 unspecified atom stereocenters. The van der Waals surface area contributed by atoms with E-state index < -0.39 is 6.10 Å². The van der Waals surface area contributed by atoms with Crippen molar-refractivity contribution in [1.29, 1.82) is 0 Å². The van der Waals surface area contributed by atoms with Gasteiger partial charge in [-0.05, 0) is 24.6 Å². The molecular formula is C15H14BrFO2. The SMILES string of the molecule is CCC(O)c1ccccc1Oc1cc(F)cc(Br)c1. The first-order valence-corrected chi connectivity index (χ1v) is 6.80. The Hall–Kier alpha value is -1.39. The number of rotatable bonds is 4. The molecule has 1 atom stereocenters. The molecule has 2 aromatic rings. The summed E-state index contributed by atoms with van der Waals surface area (Å²) in [7, 11) is 0. The number of aliphatic hydroxyl groups is 1. The summed E-state index contributed by atoms with van der Waals surface area (Å²) in [5, 5.41) is 9.93. The Morgan fingerprint density at radius 3 is 2.68 bits per heavy atom. The van der Waals surface area contributed by atoms with Crippen molar-refractivity contribution in [2.24, 2.45) is 0 Å². The smallest absolute Gasteiger partial charge is 0.133 e. The van der Waals surface area contributed by atoms with Gasteiger partial charge in [0.1, 0.15) is 17.3 Å². The van der Waals surface area contributed by atoms with E-state index in [1.54, 1.807) is 18.2 Å². The van der Waals surface area contributed by atoms with Crippen molar-refractivity contribution in [2.45, 2.75) is 19.4 Å². The lowest BCUT2D eigenvalue weighted by molar-refractivity contribution is 0.170. The highest BCUT2D eigenvalue weighted by Crippen LogP contribution is 2.32. The summed E-state index contributed by atoms with van der Waals surface area (Å²) in [4.78, 5) is 0. The molecule has 0 aliphatic rings. The summed E-state index contributed by atoms with van der Waals surface area (Å²) >= 11 is 3.22. The van der Waals surface area contributed by atoms with E-state index in [-0.39, 0.29) is 5.82 Å². The minimum absolute atomic E-state index is 0.377. The van der Waals surface area contributed by atoms with Crippen LogP contribution in [0.3, 0.4) is 0 Å². The lowest BCUT2D eigenvalue weighted by atomic mass is 10.1. The lowest BCUT2D eigenvalue weighted by Crippen LogP contribution is -1.98.